The van der Waals surface area contributed by atoms with Gasteiger partial charge < -0.3 is 24.4 Å². The molecule has 196 valence electrons. The van der Waals surface area contributed by atoms with Crippen LogP contribution in [0.3, 0.4) is 0 Å². The zero-order chi connectivity index (χ0) is 26.8. The first-order valence-corrected chi connectivity index (χ1v) is 12.9. The van der Waals surface area contributed by atoms with Gasteiger partial charge in [0.2, 0.25) is 0 Å². The van der Waals surface area contributed by atoms with Crippen LogP contribution in [0.5, 0.6) is 17.2 Å². The summed E-state index contributed by atoms with van der Waals surface area (Å²) < 4.78 is 11.8. The molecule has 0 aliphatic carbocycles. The van der Waals surface area contributed by atoms with Crippen molar-refractivity contribution < 1.29 is 24.2 Å². The van der Waals surface area contributed by atoms with Crippen LogP contribution in [0.1, 0.15) is 36.1 Å². The fourth-order valence-corrected chi connectivity index (χ4v) is 5.11. The quantitative estimate of drug-likeness (QED) is 0.255. The number of amides is 1. The average Bonchev–Trinajstić information content (AvgIpc) is 3.40. The molecule has 1 amide bonds. The number of aliphatic hydroxyl groups excluding tert-OH is 1. The summed E-state index contributed by atoms with van der Waals surface area (Å²) in [5.74, 6) is 0.566. The number of carbonyl (C=O) groups is 2. The monoisotopic (exact) mass is 512 g/mol. The van der Waals surface area contributed by atoms with Gasteiger partial charge in [0.25, 0.3) is 11.7 Å². The second kappa shape index (κ2) is 10.7. The van der Waals surface area contributed by atoms with Gasteiger partial charge in [0, 0.05) is 18.5 Å². The Morgan fingerprint density at radius 2 is 1.79 bits per heavy atom. The topological polar surface area (TPSA) is 79.3 Å². The Bertz CT molecular complexity index is 1380. The van der Waals surface area contributed by atoms with Crippen LogP contribution in [0.25, 0.3) is 5.76 Å². The molecule has 7 nitrogen and oxygen atoms in total. The van der Waals surface area contributed by atoms with Gasteiger partial charge in [-0.15, -0.1) is 0 Å². The van der Waals surface area contributed by atoms with Gasteiger partial charge in [0.15, 0.2) is 0 Å². The van der Waals surface area contributed by atoms with Gasteiger partial charge in [0.05, 0.1) is 11.6 Å². The predicted molar refractivity (Wildman–Crippen MR) is 145 cm³/mol. The number of rotatable bonds is 8. The van der Waals surface area contributed by atoms with E-state index in [9.17, 15) is 14.7 Å². The first-order chi connectivity index (χ1) is 18.3. The van der Waals surface area contributed by atoms with Crippen LogP contribution in [0.4, 0.5) is 0 Å². The van der Waals surface area contributed by atoms with E-state index in [0.29, 0.717) is 35.6 Å². The predicted octanol–water partition coefficient (Wildman–Crippen LogP) is 5.18. The summed E-state index contributed by atoms with van der Waals surface area (Å²) in [5, 5.41) is 11.5. The van der Waals surface area contributed by atoms with Crippen LogP contribution in [0.15, 0.2) is 78.4 Å². The number of hydrogen-bond acceptors (Lipinski definition) is 6. The van der Waals surface area contributed by atoms with Gasteiger partial charge in [-0.25, -0.2) is 0 Å². The Kier molecular flexibility index (Phi) is 7.20. The molecule has 1 fully saturated rings. The van der Waals surface area contributed by atoms with Crippen LogP contribution in [0.2, 0.25) is 0 Å². The van der Waals surface area contributed by atoms with Crippen molar-refractivity contribution in [3.8, 4) is 17.2 Å². The van der Waals surface area contributed by atoms with Crippen molar-refractivity contribution in [1.82, 2.24) is 9.80 Å². The summed E-state index contributed by atoms with van der Waals surface area (Å²) in [6.45, 7) is 3.13. The number of nitrogens with zero attached hydrogens (tertiary/aromatic N) is 2. The number of carbonyl (C=O) groups excluding carboxylic acids is 2. The molecule has 7 heteroatoms. The molecule has 0 unspecified atom stereocenters. The second-order valence-corrected chi connectivity index (χ2v) is 10.1. The molecule has 38 heavy (non-hydrogen) atoms. The van der Waals surface area contributed by atoms with Gasteiger partial charge in [-0.05, 0) is 87.6 Å². The van der Waals surface area contributed by atoms with Crippen molar-refractivity contribution in [2.24, 2.45) is 0 Å². The van der Waals surface area contributed by atoms with Gasteiger partial charge in [-0.1, -0.05) is 30.3 Å². The molecule has 5 rings (SSSR count). The van der Waals surface area contributed by atoms with E-state index < -0.39 is 17.7 Å². The molecule has 1 saturated heterocycles. The van der Waals surface area contributed by atoms with E-state index in [1.54, 1.807) is 11.0 Å². The van der Waals surface area contributed by atoms with E-state index in [4.69, 9.17) is 9.47 Å². The van der Waals surface area contributed by atoms with Gasteiger partial charge in [0.1, 0.15) is 29.1 Å². The zero-order valence-corrected chi connectivity index (χ0v) is 21.9. The summed E-state index contributed by atoms with van der Waals surface area (Å²) >= 11 is 0. The Morgan fingerprint density at radius 3 is 2.55 bits per heavy atom. The third-order valence-corrected chi connectivity index (χ3v) is 6.87. The number of ketones is 1. The highest BCUT2D eigenvalue weighted by Gasteiger charge is 2.46. The van der Waals surface area contributed by atoms with E-state index in [0.717, 1.165) is 24.3 Å². The molecule has 3 aromatic rings. The summed E-state index contributed by atoms with van der Waals surface area (Å²) in [6.07, 6.45) is 1.46. The first kappa shape index (κ1) is 25.5. The summed E-state index contributed by atoms with van der Waals surface area (Å²) in [7, 11) is 3.93. The fourth-order valence-electron chi connectivity index (χ4n) is 5.11. The number of fused-ring (bicyclic) bond motifs is 1. The molecule has 3 aromatic carbocycles. The second-order valence-electron chi connectivity index (χ2n) is 10.1. The molecular weight excluding hydrogens is 480 g/mol. The Hall–Kier alpha value is -4.10. The van der Waals surface area contributed by atoms with Crippen molar-refractivity contribution in [3.63, 3.8) is 0 Å². The lowest BCUT2D eigenvalue weighted by molar-refractivity contribution is -0.139. The van der Waals surface area contributed by atoms with Gasteiger partial charge >= 0.3 is 0 Å². The molecule has 0 spiro atoms. The Balaban J connectivity index is 1.56. The number of aliphatic hydroxyl groups is 1. The van der Waals surface area contributed by atoms with Gasteiger partial charge in [-0.3, -0.25) is 9.59 Å². The highest BCUT2D eigenvalue weighted by Crippen LogP contribution is 2.41. The number of benzene rings is 3. The largest absolute Gasteiger partial charge is 0.507 e. The number of para-hydroxylation sites is 1. The highest BCUT2D eigenvalue weighted by molar-refractivity contribution is 6.46. The Labute approximate surface area is 222 Å². The van der Waals surface area contributed by atoms with E-state index in [1.165, 1.54) is 0 Å². The molecule has 0 radical (unpaired) electrons. The lowest BCUT2D eigenvalue weighted by Crippen LogP contribution is -2.32. The zero-order valence-electron chi connectivity index (χ0n) is 21.9. The maximum absolute atomic E-state index is 13.4. The van der Waals surface area contributed by atoms with Crippen molar-refractivity contribution in [2.75, 3.05) is 27.2 Å². The maximum Gasteiger partial charge on any atom is 0.295 e. The third-order valence-electron chi connectivity index (χ3n) is 6.87. The molecule has 0 bridgehead atoms. The summed E-state index contributed by atoms with van der Waals surface area (Å²) in [4.78, 5) is 30.3. The molecule has 2 aliphatic heterocycles. The number of ether oxygens (including phenoxy) is 2. The number of Topliss-reactive ketones (excluding diaryl/α,β-unsaturated/α-hetero) is 1. The van der Waals surface area contributed by atoms with E-state index in [1.807, 2.05) is 92.6 Å². The summed E-state index contributed by atoms with van der Waals surface area (Å²) in [6, 6.07) is 21.4. The minimum Gasteiger partial charge on any atom is -0.507 e. The lowest BCUT2D eigenvalue weighted by atomic mass is 9.94. The van der Waals surface area contributed by atoms with Crippen molar-refractivity contribution in [2.45, 2.75) is 31.9 Å². The minimum absolute atomic E-state index is 0.0528. The highest BCUT2D eigenvalue weighted by atomic mass is 16.5. The molecule has 0 saturated carbocycles. The van der Waals surface area contributed by atoms with E-state index >= 15 is 0 Å². The fraction of sp³-hybridized carbons (Fsp3) is 0.290. The van der Waals surface area contributed by atoms with E-state index in [2.05, 4.69) is 0 Å². The van der Waals surface area contributed by atoms with Crippen molar-refractivity contribution in [1.29, 1.82) is 0 Å². The summed E-state index contributed by atoms with van der Waals surface area (Å²) in [5.41, 5.74) is 2.25. The van der Waals surface area contributed by atoms with Crippen LogP contribution in [-0.2, 0) is 16.0 Å². The SMILES string of the molecule is C[C@H]1Cc2cc(C(O)=C3C(=O)C(=O)N(CCCN(C)C)[C@H]3c3cccc(Oc4ccccc4)c3)ccc2O1. The minimum atomic E-state index is -0.736. The lowest BCUT2D eigenvalue weighted by Gasteiger charge is -2.26. The smallest absolute Gasteiger partial charge is 0.295 e. The number of likely N-dealkylation sites (tertiary alicyclic amines) is 1. The standard InChI is InChI=1S/C31H32N2O5/c1-20-17-23-18-22(13-14-26(23)37-20)29(34)27-28(33(31(36)30(27)35)16-8-15-32(2)3)21-9-7-12-25(19-21)38-24-10-5-4-6-11-24/h4-7,9-14,18-20,28,34H,8,15-17H2,1-3H3/t20-,28-/m0/s1. The van der Waals surface area contributed by atoms with Crippen molar-refractivity contribution >= 4 is 17.4 Å². The average molecular weight is 513 g/mol. The normalized spacial score (nSPS) is 20.1. The van der Waals surface area contributed by atoms with Crippen LogP contribution in [0, 0.1) is 0 Å². The third kappa shape index (κ3) is 5.15. The first-order valence-electron chi connectivity index (χ1n) is 12.9. The number of hydrogen-bond donors (Lipinski definition) is 1. The van der Waals surface area contributed by atoms with Crippen LogP contribution in [-0.4, -0.2) is 59.9 Å². The molecule has 1 N–H and O–H groups in total. The maximum atomic E-state index is 13.4. The van der Waals surface area contributed by atoms with Crippen LogP contribution < -0.4 is 9.47 Å². The molecule has 2 atom stereocenters. The molecule has 2 heterocycles. The molecular formula is C31H32N2O5. The molecule has 0 aromatic heterocycles. The Morgan fingerprint density at radius 1 is 1.03 bits per heavy atom. The van der Waals surface area contributed by atoms with Gasteiger partial charge in [-0.2, -0.15) is 0 Å². The van der Waals surface area contributed by atoms with E-state index in [-0.39, 0.29) is 17.4 Å². The van der Waals surface area contributed by atoms with Crippen molar-refractivity contribution in [3.05, 3.63) is 95.1 Å². The van der Waals surface area contributed by atoms with Crippen LogP contribution >= 0.6 is 0 Å². The molecule has 2 aliphatic rings.